The van der Waals surface area contributed by atoms with Crippen LogP contribution < -0.4 is 4.74 Å². The molecule has 2 aromatic rings. The number of rotatable bonds is 3. The number of hydrogen-bond donors (Lipinski definition) is 1. The average molecular weight is 507 g/mol. The first-order valence-electron chi connectivity index (χ1n) is 7.20. The zero-order chi connectivity index (χ0) is 17.4. The summed E-state index contributed by atoms with van der Waals surface area (Å²) < 4.78 is 5.18. The van der Waals surface area contributed by atoms with Crippen LogP contribution in [0.25, 0.3) is 11.3 Å². The van der Waals surface area contributed by atoms with Gasteiger partial charge in [-0.3, -0.25) is 4.79 Å². The van der Waals surface area contributed by atoms with E-state index >= 15 is 0 Å². The first kappa shape index (κ1) is 22.1. The molecule has 132 valence electrons. The molecule has 0 saturated carbocycles. The molecule has 2 rings (SSSR count). The molecule has 1 N–H and O–H groups in total. The average Bonchev–Trinajstić information content (AvgIpc) is 2.49. The summed E-state index contributed by atoms with van der Waals surface area (Å²) in [4.78, 5) is 14.3. The van der Waals surface area contributed by atoms with E-state index in [4.69, 9.17) is 9.84 Å². The number of ether oxygens (including phenoxy) is 1. The van der Waals surface area contributed by atoms with Gasteiger partial charge in [-0.25, -0.2) is 0 Å². The van der Waals surface area contributed by atoms with Gasteiger partial charge in [-0.05, 0) is 31.7 Å². The van der Waals surface area contributed by atoms with Crippen LogP contribution in [0.3, 0.4) is 0 Å². The van der Waals surface area contributed by atoms with Gasteiger partial charge in [0, 0.05) is 33.3 Å². The number of nitrogens with zero attached hydrogens (tertiary/aromatic N) is 1. The number of ketones is 1. The number of aliphatic hydroxyl groups excluding tert-OH is 1. The summed E-state index contributed by atoms with van der Waals surface area (Å²) in [6.45, 7) is 7.02. The normalized spacial score (nSPS) is 10.1. The summed E-state index contributed by atoms with van der Waals surface area (Å²) in [5.74, 6) is 0.754. The van der Waals surface area contributed by atoms with Crippen LogP contribution in [-0.2, 0) is 25.9 Å². The van der Waals surface area contributed by atoms with Gasteiger partial charge in [0.15, 0.2) is 5.78 Å². The van der Waals surface area contributed by atoms with E-state index in [2.05, 4.69) is 31.0 Å². The van der Waals surface area contributed by atoms with Crippen molar-refractivity contribution in [2.75, 3.05) is 7.11 Å². The molecule has 0 aliphatic rings. The number of carbonyl (C=O) groups excluding carboxylic acids is 1. The molecular weight excluding hydrogens is 485 g/mol. The van der Waals surface area contributed by atoms with E-state index in [1.165, 1.54) is 31.1 Å². The number of aromatic nitrogens is 1. The Morgan fingerprint density at radius 2 is 1.92 bits per heavy atom. The second-order valence-electron chi connectivity index (χ2n) is 5.19. The van der Waals surface area contributed by atoms with Gasteiger partial charge < -0.3 is 14.8 Å². The van der Waals surface area contributed by atoms with Gasteiger partial charge in [-0.15, -0.1) is 34.9 Å². The molecule has 0 spiro atoms. The van der Waals surface area contributed by atoms with Crippen LogP contribution in [0.4, 0.5) is 0 Å². The van der Waals surface area contributed by atoms with Crippen molar-refractivity contribution in [3.05, 3.63) is 59.5 Å². The number of methoxy groups -OCH3 is 1. The van der Waals surface area contributed by atoms with E-state index in [-0.39, 0.29) is 32.6 Å². The minimum absolute atomic E-state index is 0. The van der Waals surface area contributed by atoms with Crippen molar-refractivity contribution < 1.29 is 35.7 Å². The summed E-state index contributed by atoms with van der Waals surface area (Å²) in [7, 11) is 1.66. The topological polar surface area (TPSA) is 59.4 Å². The van der Waals surface area contributed by atoms with Crippen LogP contribution >= 0.6 is 0 Å². The molecule has 0 amide bonds. The molecule has 5 heteroatoms. The third-order valence-electron chi connectivity index (χ3n) is 3.08. The third-order valence-corrected chi connectivity index (χ3v) is 3.08. The molecule has 4 nitrogen and oxygen atoms in total. The van der Waals surface area contributed by atoms with Crippen molar-refractivity contribution >= 4 is 5.78 Å². The number of benzene rings is 1. The van der Waals surface area contributed by atoms with Crippen LogP contribution in [-0.4, -0.2) is 23.0 Å². The Bertz CT molecular complexity index is 708. The summed E-state index contributed by atoms with van der Waals surface area (Å²) >= 11 is 0. The second-order valence-corrected chi connectivity index (χ2v) is 5.19. The number of pyridine rings is 1. The quantitative estimate of drug-likeness (QED) is 0.384. The van der Waals surface area contributed by atoms with E-state index < -0.39 is 0 Å². The van der Waals surface area contributed by atoms with Crippen molar-refractivity contribution in [2.24, 2.45) is 0 Å². The summed E-state index contributed by atoms with van der Waals surface area (Å²) in [5, 5.41) is 8.36. The Balaban J connectivity index is 0.000000570. The first-order valence-corrected chi connectivity index (χ1v) is 7.20. The Morgan fingerprint density at radius 1 is 1.25 bits per heavy atom. The van der Waals surface area contributed by atoms with Crippen molar-refractivity contribution in [3.63, 3.8) is 0 Å². The van der Waals surface area contributed by atoms with Gasteiger partial charge in [0.1, 0.15) is 5.75 Å². The maximum absolute atomic E-state index is 10.0. The molecule has 0 aliphatic heterocycles. The molecule has 1 aromatic heterocycles. The zero-order valence-corrected chi connectivity index (χ0v) is 16.8. The van der Waals surface area contributed by atoms with E-state index in [9.17, 15) is 4.79 Å². The molecular formula is C19H22NO3Pt-. The Kier molecular flexibility index (Phi) is 9.90. The van der Waals surface area contributed by atoms with Gasteiger partial charge in [0.2, 0.25) is 0 Å². The second kappa shape index (κ2) is 10.8. The fourth-order valence-electron chi connectivity index (χ4n) is 1.80. The number of allylic oxidation sites excluding steroid dienone is 2. The number of hydrogen-bond acceptors (Lipinski definition) is 4. The number of aryl methyl sites for hydroxylation is 2. The van der Waals surface area contributed by atoms with Gasteiger partial charge in [0.25, 0.3) is 0 Å². The van der Waals surface area contributed by atoms with Crippen molar-refractivity contribution in [2.45, 2.75) is 27.7 Å². The van der Waals surface area contributed by atoms with Crippen molar-refractivity contribution in [1.82, 2.24) is 4.98 Å². The molecule has 0 atom stereocenters. The third kappa shape index (κ3) is 7.56. The van der Waals surface area contributed by atoms with E-state index in [1.54, 1.807) is 13.3 Å². The van der Waals surface area contributed by atoms with Crippen LogP contribution in [0.5, 0.6) is 5.75 Å². The van der Waals surface area contributed by atoms with Gasteiger partial charge in [-0.2, -0.15) is 0 Å². The largest absolute Gasteiger partial charge is 0.512 e. The summed E-state index contributed by atoms with van der Waals surface area (Å²) in [6.07, 6.45) is 2.91. The first-order chi connectivity index (χ1) is 10.8. The van der Waals surface area contributed by atoms with Gasteiger partial charge in [0.05, 0.1) is 12.9 Å². The molecule has 0 saturated heterocycles. The Labute approximate surface area is 157 Å². The fraction of sp³-hybridized carbons (Fsp3) is 0.263. The number of aliphatic hydroxyl groups is 1. The van der Waals surface area contributed by atoms with E-state index in [1.807, 2.05) is 18.2 Å². The molecule has 0 unspecified atom stereocenters. The summed E-state index contributed by atoms with van der Waals surface area (Å²) in [5.41, 5.74) is 4.38. The van der Waals surface area contributed by atoms with E-state index in [0.29, 0.717) is 0 Å². The Morgan fingerprint density at radius 3 is 2.38 bits per heavy atom. The minimum atomic E-state index is -0.125. The van der Waals surface area contributed by atoms with E-state index in [0.717, 1.165) is 17.0 Å². The monoisotopic (exact) mass is 507 g/mol. The van der Waals surface area contributed by atoms with Crippen molar-refractivity contribution in [1.29, 1.82) is 0 Å². The maximum atomic E-state index is 10.0. The number of carbonyl (C=O) groups is 1. The predicted molar refractivity (Wildman–Crippen MR) is 91.6 cm³/mol. The zero-order valence-electron chi connectivity index (χ0n) is 14.5. The molecule has 1 aromatic carbocycles. The van der Waals surface area contributed by atoms with Crippen molar-refractivity contribution in [3.8, 4) is 17.0 Å². The maximum Gasteiger partial charge on any atom is 0.155 e. The molecule has 24 heavy (non-hydrogen) atoms. The SMILES string of the molecule is CC(=O)/C=C(/C)O.COc1ccnc(-c2[c-]cc(C)c(C)c2)c1.[Pt]. The van der Waals surface area contributed by atoms with Gasteiger partial charge in [-0.1, -0.05) is 13.8 Å². The summed E-state index contributed by atoms with van der Waals surface area (Å²) in [6, 6.07) is 11.1. The fourth-order valence-corrected chi connectivity index (χ4v) is 1.80. The molecule has 1 heterocycles. The van der Waals surface area contributed by atoms with Gasteiger partial charge >= 0.3 is 0 Å². The molecule has 0 bridgehead atoms. The Hall–Kier alpha value is -1.93. The standard InChI is InChI=1S/C14H14NO.C5H8O2.Pt/c1-10-4-5-12(8-11(10)2)14-9-13(16-3)6-7-15-14;1-4(6)3-5(2)7;/h4,6-9H,1-3H3;3,6H,1-2H3;/q-1;;/b;4-3-;. The minimum Gasteiger partial charge on any atom is -0.512 e. The smallest absolute Gasteiger partial charge is 0.155 e. The van der Waals surface area contributed by atoms with Crippen LogP contribution in [0.1, 0.15) is 25.0 Å². The molecule has 0 fully saturated rings. The van der Waals surface area contributed by atoms with Crippen LogP contribution in [0, 0.1) is 19.9 Å². The predicted octanol–water partition coefficient (Wildman–Crippen LogP) is 4.21. The van der Waals surface area contributed by atoms with Crippen LogP contribution in [0.2, 0.25) is 0 Å². The van der Waals surface area contributed by atoms with Crippen LogP contribution in [0.15, 0.2) is 42.3 Å². The molecule has 0 aliphatic carbocycles. The molecule has 0 radical (unpaired) electrons.